The Balaban J connectivity index is 2.12. The summed E-state index contributed by atoms with van der Waals surface area (Å²) >= 11 is 0. The third-order valence-corrected chi connectivity index (χ3v) is 5.76. The molecule has 2 rings (SSSR count). The summed E-state index contributed by atoms with van der Waals surface area (Å²) < 4.78 is 33.3. The van der Waals surface area contributed by atoms with E-state index in [-0.39, 0.29) is 22.5 Å². The van der Waals surface area contributed by atoms with Crippen LogP contribution in [0.1, 0.15) is 32.8 Å². The molecule has 1 aromatic carbocycles. The van der Waals surface area contributed by atoms with Gasteiger partial charge in [-0.05, 0) is 31.0 Å². The normalized spacial score (nSPS) is 24.6. The quantitative estimate of drug-likeness (QED) is 0.836. The van der Waals surface area contributed by atoms with Crippen molar-refractivity contribution in [3.05, 3.63) is 29.8 Å². The first kappa shape index (κ1) is 16.4. The van der Waals surface area contributed by atoms with Crippen molar-refractivity contribution in [2.24, 2.45) is 11.1 Å². The largest absolute Gasteiger partial charge is 0.378 e. The SMILES string of the molecule is CCOC1CC(NS(=O)(=O)c2cccc(CN)c2)C1(C)C. The Morgan fingerprint density at radius 2 is 2.14 bits per heavy atom. The van der Waals surface area contributed by atoms with Crippen molar-refractivity contribution in [3.8, 4) is 0 Å². The number of hydrogen-bond donors (Lipinski definition) is 2. The molecule has 1 saturated carbocycles. The molecule has 5 nitrogen and oxygen atoms in total. The van der Waals surface area contributed by atoms with Crippen LogP contribution in [-0.2, 0) is 21.3 Å². The molecule has 6 heteroatoms. The Bertz CT molecular complexity index is 599. The van der Waals surface area contributed by atoms with Gasteiger partial charge in [-0.15, -0.1) is 0 Å². The minimum absolute atomic E-state index is 0.102. The monoisotopic (exact) mass is 312 g/mol. The zero-order chi connectivity index (χ0) is 15.7. The van der Waals surface area contributed by atoms with Crippen LogP contribution in [0.2, 0.25) is 0 Å². The van der Waals surface area contributed by atoms with Crippen LogP contribution in [0.4, 0.5) is 0 Å². The average Bonchev–Trinajstić information content (AvgIpc) is 2.46. The number of rotatable bonds is 6. The van der Waals surface area contributed by atoms with Crippen molar-refractivity contribution in [1.82, 2.24) is 4.72 Å². The molecule has 0 aliphatic heterocycles. The summed E-state index contributed by atoms with van der Waals surface area (Å²) in [5.74, 6) is 0. The van der Waals surface area contributed by atoms with E-state index in [1.165, 1.54) is 0 Å². The molecule has 2 unspecified atom stereocenters. The third-order valence-electron chi connectivity index (χ3n) is 4.29. The summed E-state index contributed by atoms with van der Waals surface area (Å²) in [6.07, 6.45) is 0.807. The van der Waals surface area contributed by atoms with Gasteiger partial charge in [0.15, 0.2) is 0 Å². The predicted molar refractivity (Wildman–Crippen MR) is 82.3 cm³/mol. The van der Waals surface area contributed by atoms with Crippen LogP contribution in [0.3, 0.4) is 0 Å². The highest BCUT2D eigenvalue weighted by atomic mass is 32.2. The van der Waals surface area contributed by atoms with Crippen molar-refractivity contribution in [3.63, 3.8) is 0 Å². The second kappa shape index (κ2) is 6.04. The first-order valence-electron chi connectivity index (χ1n) is 7.24. The Morgan fingerprint density at radius 1 is 1.43 bits per heavy atom. The van der Waals surface area contributed by atoms with Crippen LogP contribution < -0.4 is 10.5 Å². The number of nitrogens with two attached hydrogens (primary N) is 1. The average molecular weight is 312 g/mol. The summed E-state index contributed by atoms with van der Waals surface area (Å²) in [5.41, 5.74) is 6.17. The molecule has 0 saturated heterocycles. The minimum atomic E-state index is -3.52. The molecule has 0 radical (unpaired) electrons. The fourth-order valence-electron chi connectivity index (χ4n) is 2.66. The number of sulfonamides is 1. The molecule has 0 aromatic heterocycles. The van der Waals surface area contributed by atoms with Gasteiger partial charge in [0.2, 0.25) is 10.0 Å². The topological polar surface area (TPSA) is 81.4 Å². The Hall–Kier alpha value is -0.950. The highest BCUT2D eigenvalue weighted by Crippen LogP contribution is 2.43. The van der Waals surface area contributed by atoms with E-state index in [1.807, 2.05) is 26.8 Å². The first-order valence-corrected chi connectivity index (χ1v) is 8.72. The smallest absolute Gasteiger partial charge is 0.240 e. The van der Waals surface area contributed by atoms with Gasteiger partial charge in [0.25, 0.3) is 0 Å². The van der Waals surface area contributed by atoms with Gasteiger partial charge in [-0.1, -0.05) is 26.0 Å². The van der Waals surface area contributed by atoms with E-state index >= 15 is 0 Å². The van der Waals surface area contributed by atoms with E-state index in [0.29, 0.717) is 19.6 Å². The van der Waals surface area contributed by atoms with Gasteiger partial charge in [-0.25, -0.2) is 13.1 Å². The first-order chi connectivity index (χ1) is 9.81. The molecule has 0 spiro atoms. The van der Waals surface area contributed by atoms with E-state index in [1.54, 1.807) is 18.2 Å². The second-order valence-electron chi connectivity index (χ2n) is 6.03. The lowest BCUT2D eigenvalue weighted by Gasteiger charge is -2.51. The Kier molecular flexibility index (Phi) is 4.72. The summed E-state index contributed by atoms with van der Waals surface area (Å²) in [7, 11) is -3.52. The van der Waals surface area contributed by atoms with Crippen LogP contribution in [0.15, 0.2) is 29.2 Å². The van der Waals surface area contributed by atoms with Crippen LogP contribution in [0.25, 0.3) is 0 Å². The molecule has 3 N–H and O–H groups in total. The molecule has 1 aliphatic rings. The maximum Gasteiger partial charge on any atom is 0.240 e. The van der Waals surface area contributed by atoms with Crippen molar-refractivity contribution in [1.29, 1.82) is 0 Å². The van der Waals surface area contributed by atoms with Gasteiger partial charge < -0.3 is 10.5 Å². The molecule has 21 heavy (non-hydrogen) atoms. The minimum Gasteiger partial charge on any atom is -0.378 e. The molecule has 118 valence electrons. The number of benzene rings is 1. The van der Waals surface area contributed by atoms with E-state index in [4.69, 9.17) is 10.5 Å². The molecular formula is C15H24N2O3S. The summed E-state index contributed by atoms with van der Waals surface area (Å²) in [6, 6.07) is 6.63. The second-order valence-corrected chi connectivity index (χ2v) is 7.74. The fraction of sp³-hybridized carbons (Fsp3) is 0.600. The van der Waals surface area contributed by atoms with Gasteiger partial charge in [0, 0.05) is 24.6 Å². The Morgan fingerprint density at radius 3 is 2.71 bits per heavy atom. The lowest BCUT2D eigenvalue weighted by atomic mass is 9.65. The maximum absolute atomic E-state index is 12.5. The van der Waals surface area contributed by atoms with Crippen LogP contribution in [0, 0.1) is 5.41 Å². The van der Waals surface area contributed by atoms with Crippen molar-refractivity contribution in [2.45, 2.75) is 50.8 Å². The van der Waals surface area contributed by atoms with Crippen LogP contribution in [-0.4, -0.2) is 27.2 Å². The number of ether oxygens (including phenoxy) is 1. The molecular weight excluding hydrogens is 288 g/mol. The zero-order valence-corrected chi connectivity index (χ0v) is 13.6. The van der Waals surface area contributed by atoms with E-state index in [2.05, 4.69) is 4.72 Å². The summed E-state index contributed by atoms with van der Waals surface area (Å²) in [4.78, 5) is 0.265. The molecule has 1 aromatic rings. The predicted octanol–water partition coefficient (Wildman–Crippen LogP) is 1.63. The standard InChI is InChI=1S/C15H24N2O3S/c1-4-20-14-9-13(15(14,2)3)17-21(18,19)12-7-5-6-11(8-12)10-16/h5-8,13-14,17H,4,9-10,16H2,1-3H3. The van der Waals surface area contributed by atoms with E-state index in [0.717, 1.165) is 5.56 Å². The molecule has 0 bridgehead atoms. The van der Waals surface area contributed by atoms with Gasteiger partial charge in [-0.2, -0.15) is 0 Å². The Labute approximate surface area is 126 Å². The lowest BCUT2D eigenvalue weighted by molar-refractivity contribution is -0.108. The van der Waals surface area contributed by atoms with Crippen molar-refractivity contribution >= 4 is 10.0 Å². The highest BCUT2D eigenvalue weighted by Gasteiger charge is 2.50. The lowest BCUT2D eigenvalue weighted by Crippen LogP contribution is -2.61. The molecule has 2 atom stereocenters. The van der Waals surface area contributed by atoms with Gasteiger partial charge in [0.1, 0.15) is 0 Å². The van der Waals surface area contributed by atoms with E-state index < -0.39 is 10.0 Å². The van der Waals surface area contributed by atoms with Gasteiger partial charge in [0.05, 0.1) is 11.0 Å². The van der Waals surface area contributed by atoms with Crippen molar-refractivity contribution < 1.29 is 13.2 Å². The number of nitrogens with one attached hydrogen (secondary N) is 1. The van der Waals surface area contributed by atoms with Gasteiger partial charge in [-0.3, -0.25) is 0 Å². The third kappa shape index (κ3) is 3.29. The molecule has 1 fully saturated rings. The van der Waals surface area contributed by atoms with Crippen LogP contribution in [0.5, 0.6) is 0 Å². The molecule has 1 aliphatic carbocycles. The summed E-state index contributed by atoms with van der Waals surface area (Å²) in [5, 5.41) is 0. The van der Waals surface area contributed by atoms with Crippen molar-refractivity contribution in [2.75, 3.05) is 6.61 Å². The van der Waals surface area contributed by atoms with E-state index in [9.17, 15) is 8.42 Å². The molecule has 0 heterocycles. The zero-order valence-electron chi connectivity index (χ0n) is 12.8. The fourth-order valence-corrected chi connectivity index (χ4v) is 4.14. The molecule has 0 amide bonds. The summed E-state index contributed by atoms with van der Waals surface area (Å²) in [6.45, 7) is 6.98. The maximum atomic E-state index is 12.5. The van der Waals surface area contributed by atoms with Gasteiger partial charge >= 0.3 is 0 Å². The highest BCUT2D eigenvalue weighted by molar-refractivity contribution is 7.89. The van der Waals surface area contributed by atoms with Crippen LogP contribution >= 0.6 is 0 Å². The number of hydrogen-bond acceptors (Lipinski definition) is 4.